The summed E-state index contributed by atoms with van der Waals surface area (Å²) < 4.78 is 1.03. The standard InChI is InChI=1S/C10H12BrN/c11-9-3-1-2-8(10(9)12)6-7-4-5-7/h1-3,7H,4-6,12H2. The minimum Gasteiger partial charge on any atom is -0.398 e. The fourth-order valence-corrected chi connectivity index (χ4v) is 1.80. The van der Waals surface area contributed by atoms with E-state index in [1.807, 2.05) is 6.07 Å². The Morgan fingerprint density at radius 3 is 2.83 bits per heavy atom. The highest BCUT2D eigenvalue weighted by atomic mass is 79.9. The van der Waals surface area contributed by atoms with E-state index in [1.54, 1.807) is 0 Å². The Bertz CT molecular complexity index is 292. The number of halogens is 1. The van der Waals surface area contributed by atoms with Crippen molar-refractivity contribution >= 4 is 21.6 Å². The monoisotopic (exact) mass is 225 g/mol. The predicted octanol–water partition coefficient (Wildman–Crippen LogP) is 2.98. The third-order valence-corrected chi connectivity index (χ3v) is 3.04. The van der Waals surface area contributed by atoms with Crippen LogP contribution in [0.1, 0.15) is 18.4 Å². The molecule has 0 unspecified atom stereocenters. The molecule has 0 radical (unpaired) electrons. The predicted molar refractivity (Wildman–Crippen MR) is 55.0 cm³/mol. The van der Waals surface area contributed by atoms with Gasteiger partial charge in [-0.25, -0.2) is 0 Å². The maximum Gasteiger partial charge on any atom is 0.0491 e. The molecule has 0 amide bonds. The Kier molecular flexibility index (Phi) is 2.09. The van der Waals surface area contributed by atoms with E-state index < -0.39 is 0 Å². The summed E-state index contributed by atoms with van der Waals surface area (Å²) in [5.74, 6) is 0.904. The van der Waals surface area contributed by atoms with Crippen LogP contribution in [0.3, 0.4) is 0 Å². The topological polar surface area (TPSA) is 26.0 Å². The lowest BCUT2D eigenvalue weighted by atomic mass is 10.1. The first kappa shape index (κ1) is 8.11. The van der Waals surface area contributed by atoms with Crippen LogP contribution in [-0.4, -0.2) is 0 Å². The number of hydrogen-bond donors (Lipinski definition) is 1. The third kappa shape index (κ3) is 1.63. The number of nitrogen functional groups attached to an aromatic ring is 1. The van der Waals surface area contributed by atoms with Gasteiger partial charge < -0.3 is 5.73 Å². The number of anilines is 1. The summed E-state index contributed by atoms with van der Waals surface area (Å²) in [6.07, 6.45) is 3.92. The van der Waals surface area contributed by atoms with E-state index in [1.165, 1.54) is 18.4 Å². The molecule has 1 aliphatic rings. The molecule has 1 nitrogen and oxygen atoms in total. The average Bonchev–Trinajstić information content (AvgIpc) is 2.83. The molecule has 1 aromatic rings. The van der Waals surface area contributed by atoms with E-state index in [-0.39, 0.29) is 0 Å². The second-order valence-corrected chi connectivity index (χ2v) is 4.31. The van der Waals surface area contributed by atoms with Gasteiger partial charge in [-0.1, -0.05) is 12.1 Å². The Labute approximate surface area is 81.1 Å². The Morgan fingerprint density at radius 2 is 2.17 bits per heavy atom. The zero-order valence-corrected chi connectivity index (χ0v) is 8.47. The smallest absolute Gasteiger partial charge is 0.0491 e. The fourth-order valence-electron chi connectivity index (χ4n) is 1.39. The molecule has 2 heteroatoms. The Hall–Kier alpha value is -0.500. The van der Waals surface area contributed by atoms with E-state index >= 15 is 0 Å². The van der Waals surface area contributed by atoms with Crippen LogP contribution in [0.4, 0.5) is 5.69 Å². The molecular weight excluding hydrogens is 214 g/mol. The van der Waals surface area contributed by atoms with E-state index in [9.17, 15) is 0 Å². The number of nitrogens with two attached hydrogens (primary N) is 1. The van der Waals surface area contributed by atoms with Gasteiger partial charge in [0.15, 0.2) is 0 Å². The zero-order valence-electron chi connectivity index (χ0n) is 6.89. The number of rotatable bonds is 2. The van der Waals surface area contributed by atoms with Crippen molar-refractivity contribution in [1.82, 2.24) is 0 Å². The lowest BCUT2D eigenvalue weighted by molar-refractivity contribution is 0.834. The van der Waals surface area contributed by atoms with E-state index in [0.29, 0.717) is 0 Å². The molecule has 12 heavy (non-hydrogen) atoms. The Balaban J connectivity index is 2.23. The van der Waals surface area contributed by atoms with Gasteiger partial charge in [-0.2, -0.15) is 0 Å². The lowest BCUT2D eigenvalue weighted by Crippen LogP contribution is -1.96. The van der Waals surface area contributed by atoms with E-state index in [2.05, 4.69) is 28.1 Å². The normalized spacial score (nSPS) is 16.4. The van der Waals surface area contributed by atoms with Crippen molar-refractivity contribution in [2.45, 2.75) is 19.3 Å². The maximum atomic E-state index is 5.91. The van der Waals surface area contributed by atoms with Crippen molar-refractivity contribution in [3.8, 4) is 0 Å². The van der Waals surface area contributed by atoms with Gasteiger partial charge in [-0.05, 0) is 52.7 Å². The second kappa shape index (κ2) is 3.09. The maximum absolute atomic E-state index is 5.91. The molecule has 0 aliphatic heterocycles. The molecule has 0 aromatic heterocycles. The summed E-state index contributed by atoms with van der Waals surface area (Å²) in [7, 11) is 0. The minimum absolute atomic E-state index is 0.904. The molecule has 0 saturated heterocycles. The molecule has 1 saturated carbocycles. The van der Waals surface area contributed by atoms with Crippen LogP contribution < -0.4 is 5.73 Å². The highest BCUT2D eigenvalue weighted by Crippen LogP contribution is 2.35. The van der Waals surface area contributed by atoms with Crippen LogP contribution >= 0.6 is 15.9 Å². The van der Waals surface area contributed by atoms with Gasteiger partial charge in [-0.3, -0.25) is 0 Å². The molecule has 0 bridgehead atoms. The molecule has 1 aliphatic carbocycles. The van der Waals surface area contributed by atoms with Gasteiger partial charge in [-0.15, -0.1) is 0 Å². The molecule has 0 atom stereocenters. The quantitative estimate of drug-likeness (QED) is 0.770. The summed E-state index contributed by atoms with van der Waals surface area (Å²) in [5.41, 5.74) is 8.13. The van der Waals surface area contributed by atoms with Gasteiger partial charge in [0.1, 0.15) is 0 Å². The number of para-hydroxylation sites is 1. The second-order valence-electron chi connectivity index (χ2n) is 3.46. The Morgan fingerprint density at radius 1 is 1.42 bits per heavy atom. The summed E-state index contributed by atoms with van der Waals surface area (Å²) in [6, 6.07) is 6.17. The first-order chi connectivity index (χ1) is 5.77. The average molecular weight is 226 g/mol. The molecule has 2 rings (SSSR count). The van der Waals surface area contributed by atoms with Gasteiger partial charge in [0, 0.05) is 10.2 Å². The van der Waals surface area contributed by atoms with Crippen LogP contribution in [0.25, 0.3) is 0 Å². The van der Waals surface area contributed by atoms with Gasteiger partial charge in [0.25, 0.3) is 0 Å². The third-order valence-electron chi connectivity index (χ3n) is 2.35. The van der Waals surface area contributed by atoms with Crippen LogP contribution in [0.15, 0.2) is 22.7 Å². The molecule has 1 fully saturated rings. The summed E-state index contributed by atoms with van der Waals surface area (Å²) >= 11 is 3.43. The zero-order chi connectivity index (χ0) is 8.55. The van der Waals surface area contributed by atoms with Crippen LogP contribution in [-0.2, 0) is 6.42 Å². The molecular formula is C10H12BrN. The fraction of sp³-hybridized carbons (Fsp3) is 0.400. The highest BCUT2D eigenvalue weighted by Gasteiger charge is 2.22. The van der Waals surface area contributed by atoms with E-state index in [0.717, 1.165) is 22.5 Å². The summed E-state index contributed by atoms with van der Waals surface area (Å²) in [6.45, 7) is 0. The molecule has 0 spiro atoms. The van der Waals surface area contributed by atoms with Crippen molar-refractivity contribution in [1.29, 1.82) is 0 Å². The molecule has 64 valence electrons. The van der Waals surface area contributed by atoms with Crippen molar-refractivity contribution in [2.24, 2.45) is 5.92 Å². The van der Waals surface area contributed by atoms with Crippen LogP contribution in [0.2, 0.25) is 0 Å². The van der Waals surface area contributed by atoms with Gasteiger partial charge in [0.05, 0.1) is 0 Å². The van der Waals surface area contributed by atoms with Gasteiger partial charge in [0.2, 0.25) is 0 Å². The minimum atomic E-state index is 0.904. The number of benzene rings is 1. The van der Waals surface area contributed by atoms with Gasteiger partial charge >= 0.3 is 0 Å². The lowest BCUT2D eigenvalue weighted by Gasteiger charge is -2.05. The largest absolute Gasteiger partial charge is 0.398 e. The SMILES string of the molecule is Nc1c(Br)cccc1CC1CC1. The first-order valence-electron chi connectivity index (χ1n) is 4.30. The van der Waals surface area contributed by atoms with E-state index in [4.69, 9.17) is 5.73 Å². The van der Waals surface area contributed by atoms with Crippen molar-refractivity contribution in [2.75, 3.05) is 5.73 Å². The summed E-state index contributed by atoms with van der Waals surface area (Å²) in [5, 5.41) is 0. The summed E-state index contributed by atoms with van der Waals surface area (Å²) in [4.78, 5) is 0. The van der Waals surface area contributed by atoms with Crippen molar-refractivity contribution in [3.05, 3.63) is 28.2 Å². The molecule has 1 aromatic carbocycles. The van der Waals surface area contributed by atoms with Crippen LogP contribution in [0.5, 0.6) is 0 Å². The van der Waals surface area contributed by atoms with Crippen molar-refractivity contribution < 1.29 is 0 Å². The molecule has 2 N–H and O–H groups in total. The molecule has 0 heterocycles. The number of hydrogen-bond acceptors (Lipinski definition) is 1. The highest BCUT2D eigenvalue weighted by molar-refractivity contribution is 9.10. The van der Waals surface area contributed by atoms with Crippen LogP contribution in [0, 0.1) is 5.92 Å². The first-order valence-corrected chi connectivity index (χ1v) is 5.09. The van der Waals surface area contributed by atoms with Crippen molar-refractivity contribution in [3.63, 3.8) is 0 Å².